The van der Waals surface area contributed by atoms with E-state index in [-0.39, 0.29) is 12.6 Å². The smallest absolute Gasteiger partial charge is 0.0587 e. The molecule has 4 aliphatic rings. The SMILES string of the molecule is CSCCC(CO)N(CC1=NC2=CC=CC[C@H]2CC1)C[C@@H]1C=CC2=CC=CC[C@@H]2N1. The van der Waals surface area contributed by atoms with Gasteiger partial charge in [0.25, 0.3) is 0 Å². The van der Waals surface area contributed by atoms with Gasteiger partial charge in [-0.25, -0.2) is 0 Å². The molecule has 2 aliphatic heterocycles. The summed E-state index contributed by atoms with van der Waals surface area (Å²) in [7, 11) is 0. The zero-order valence-corrected chi connectivity index (χ0v) is 18.9. The molecule has 0 saturated carbocycles. The Bertz CT molecular complexity index is 779. The summed E-state index contributed by atoms with van der Waals surface area (Å²) in [6.07, 6.45) is 25.4. The fourth-order valence-electron chi connectivity index (χ4n) is 4.86. The summed E-state index contributed by atoms with van der Waals surface area (Å²) in [6, 6.07) is 0.893. The number of allylic oxidation sites excluding steroid dienone is 6. The van der Waals surface area contributed by atoms with E-state index in [9.17, 15) is 5.11 Å². The van der Waals surface area contributed by atoms with Crippen molar-refractivity contribution in [3.8, 4) is 0 Å². The van der Waals surface area contributed by atoms with Crippen molar-refractivity contribution < 1.29 is 5.11 Å². The van der Waals surface area contributed by atoms with E-state index in [1.807, 2.05) is 11.8 Å². The van der Waals surface area contributed by atoms with Crippen molar-refractivity contribution in [3.63, 3.8) is 0 Å². The van der Waals surface area contributed by atoms with Crippen LogP contribution in [0.5, 0.6) is 0 Å². The summed E-state index contributed by atoms with van der Waals surface area (Å²) < 4.78 is 0. The molecule has 4 rings (SSSR count). The molecule has 2 heterocycles. The molecule has 4 nitrogen and oxygen atoms in total. The quantitative estimate of drug-likeness (QED) is 0.589. The fraction of sp³-hybridized carbons (Fsp3) is 0.560. The van der Waals surface area contributed by atoms with Crippen molar-refractivity contribution in [2.24, 2.45) is 10.9 Å². The maximum absolute atomic E-state index is 10.2. The highest BCUT2D eigenvalue weighted by molar-refractivity contribution is 7.98. The van der Waals surface area contributed by atoms with Gasteiger partial charge in [-0.15, -0.1) is 0 Å². The Labute approximate surface area is 185 Å². The van der Waals surface area contributed by atoms with Crippen molar-refractivity contribution in [3.05, 3.63) is 59.9 Å². The molecule has 162 valence electrons. The molecule has 0 radical (unpaired) electrons. The first-order valence-corrected chi connectivity index (χ1v) is 12.7. The van der Waals surface area contributed by atoms with Crippen LogP contribution in [-0.2, 0) is 0 Å². The van der Waals surface area contributed by atoms with E-state index in [4.69, 9.17) is 4.99 Å². The van der Waals surface area contributed by atoms with Crippen LogP contribution < -0.4 is 5.32 Å². The molecule has 4 atom stereocenters. The molecule has 0 amide bonds. The molecular formula is C25H35N3OS. The number of fused-ring (bicyclic) bond motifs is 2. The number of aliphatic imine (C=N–C) groups is 1. The van der Waals surface area contributed by atoms with Crippen molar-refractivity contribution in [2.45, 2.75) is 50.2 Å². The van der Waals surface area contributed by atoms with Crippen LogP contribution in [0.2, 0.25) is 0 Å². The molecule has 2 aliphatic carbocycles. The van der Waals surface area contributed by atoms with E-state index < -0.39 is 0 Å². The zero-order valence-electron chi connectivity index (χ0n) is 18.0. The number of aliphatic hydroxyl groups is 1. The summed E-state index contributed by atoms with van der Waals surface area (Å²) in [5.41, 5.74) is 3.90. The first kappa shape index (κ1) is 21.8. The van der Waals surface area contributed by atoms with E-state index in [1.165, 1.54) is 23.4 Å². The Morgan fingerprint density at radius 2 is 2.13 bits per heavy atom. The minimum absolute atomic E-state index is 0.177. The average molecular weight is 426 g/mol. The highest BCUT2D eigenvalue weighted by Gasteiger charge is 2.28. The van der Waals surface area contributed by atoms with E-state index >= 15 is 0 Å². The Morgan fingerprint density at radius 3 is 3.00 bits per heavy atom. The van der Waals surface area contributed by atoms with Crippen LogP contribution in [0.1, 0.15) is 32.1 Å². The minimum Gasteiger partial charge on any atom is -0.395 e. The lowest BCUT2D eigenvalue weighted by atomic mass is 9.88. The van der Waals surface area contributed by atoms with Gasteiger partial charge >= 0.3 is 0 Å². The molecule has 0 aromatic heterocycles. The highest BCUT2D eigenvalue weighted by atomic mass is 32.2. The molecule has 30 heavy (non-hydrogen) atoms. The molecule has 0 saturated heterocycles. The number of nitrogens with zero attached hydrogens (tertiary/aromatic N) is 2. The van der Waals surface area contributed by atoms with Gasteiger partial charge < -0.3 is 10.4 Å². The average Bonchev–Trinajstić information content (AvgIpc) is 2.79. The van der Waals surface area contributed by atoms with Crippen LogP contribution in [-0.4, -0.2) is 65.5 Å². The molecule has 2 N–H and O–H groups in total. The largest absolute Gasteiger partial charge is 0.395 e. The summed E-state index contributed by atoms with van der Waals surface area (Å²) in [6.45, 7) is 1.97. The Kier molecular flexibility index (Phi) is 7.83. The number of aliphatic hydroxyl groups excluding tert-OH is 1. The number of hydrogen-bond acceptors (Lipinski definition) is 5. The van der Waals surface area contributed by atoms with E-state index in [1.54, 1.807) is 0 Å². The normalized spacial score (nSPS) is 28.5. The van der Waals surface area contributed by atoms with Gasteiger partial charge in [0.15, 0.2) is 0 Å². The van der Waals surface area contributed by atoms with Gasteiger partial charge in [0.05, 0.1) is 6.61 Å². The minimum atomic E-state index is 0.177. The van der Waals surface area contributed by atoms with Gasteiger partial charge in [-0.2, -0.15) is 11.8 Å². The summed E-state index contributed by atoms with van der Waals surface area (Å²) in [5, 5.41) is 14.0. The van der Waals surface area contributed by atoms with Crippen molar-refractivity contribution in [2.75, 3.05) is 31.7 Å². The standard InChI is InChI=1S/C25H35N3OS/c1-30-15-14-23(18-29)28(16-21-12-10-19-6-2-4-8-24(19)26-21)17-22-13-11-20-7-3-5-9-25(20)27-22/h2-6,9-10,12,20-21,23-24,26,29H,7-8,11,13-18H2,1H3/t20-,21-,23?,24-/m0/s1. The second-order valence-electron chi connectivity index (χ2n) is 8.73. The van der Waals surface area contributed by atoms with Gasteiger partial charge in [0.2, 0.25) is 0 Å². The third-order valence-electron chi connectivity index (χ3n) is 6.64. The zero-order chi connectivity index (χ0) is 20.8. The predicted octanol–water partition coefficient (Wildman–Crippen LogP) is 3.88. The maximum Gasteiger partial charge on any atom is 0.0587 e. The van der Waals surface area contributed by atoms with Crippen LogP contribution in [0.3, 0.4) is 0 Å². The maximum atomic E-state index is 10.2. The van der Waals surface area contributed by atoms with Gasteiger partial charge in [-0.05, 0) is 55.8 Å². The molecule has 0 bridgehead atoms. The molecule has 0 fully saturated rings. The van der Waals surface area contributed by atoms with Crippen LogP contribution in [0.4, 0.5) is 0 Å². The Balaban J connectivity index is 1.47. The van der Waals surface area contributed by atoms with Crippen LogP contribution in [0, 0.1) is 5.92 Å². The monoisotopic (exact) mass is 425 g/mol. The van der Waals surface area contributed by atoms with Crippen molar-refractivity contribution >= 4 is 17.5 Å². The molecule has 0 aromatic rings. The van der Waals surface area contributed by atoms with Gasteiger partial charge in [0, 0.05) is 48.5 Å². The van der Waals surface area contributed by atoms with Gasteiger partial charge in [0.1, 0.15) is 0 Å². The Morgan fingerprint density at radius 1 is 1.27 bits per heavy atom. The molecule has 1 unspecified atom stereocenters. The van der Waals surface area contributed by atoms with Crippen LogP contribution in [0.25, 0.3) is 0 Å². The second-order valence-corrected chi connectivity index (χ2v) is 9.72. The summed E-state index contributed by atoms with van der Waals surface area (Å²) in [4.78, 5) is 7.52. The van der Waals surface area contributed by atoms with Gasteiger partial charge in [-0.1, -0.05) is 42.5 Å². The second kappa shape index (κ2) is 10.8. The van der Waals surface area contributed by atoms with E-state index in [0.29, 0.717) is 18.0 Å². The number of thioether (sulfide) groups is 1. The lowest BCUT2D eigenvalue weighted by Crippen LogP contribution is -2.52. The summed E-state index contributed by atoms with van der Waals surface area (Å²) in [5.74, 6) is 1.67. The van der Waals surface area contributed by atoms with E-state index in [2.05, 4.69) is 65.1 Å². The Hall–Kier alpha value is -1.40. The molecule has 0 aromatic carbocycles. The predicted molar refractivity (Wildman–Crippen MR) is 129 cm³/mol. The van der Waals surface area contributed by atoms with Crippen LogP contribution >= 0.6 is 11.8 Å². The van der Waals surface area contributed by atoms with Crippen LogP contribution in [0.15, 0.2) is 64.9 Å². The van der Waals surface area contributed by atoms with E-state index in [0.717, 1.165) is 44.5 Å². The highest BCUT2D eigenvalue weighted by Crippen LogP contribution is 2.31. The number of nitrogens with one attached hydrogen (secondary N) is 1. The number of rotatable bonds is 9. The molecule has 0 spiro atoms. The van der Waals surface area contributed by atoms with Crippen molar-refractivity contribution in [1.29, 1.82) is 0 Å². The lowest BCUT2D eigenvalue weighted by Gasteiger charge is -2.37. The third-order valence-corrected chi connectivity index (χ3v) is 7.29. The van der Waals surface area contributed by atoms with Gasteiger partial charge in [-0.3, -0.25) is 9.89 Å². The fourth-order valence-corrected chi connectivity index (χ4v) is 5.37. The lowest BCUT2D eigenvalue weighted by molar-refractivity contribution is 0.127. The first-order chi connectivity index (χ1) is 14.8. The topological polar surface area (TPSA) is 47.9 Å². The third kappa shape index (κ3) is 5.44. The number of hydrogen-bond donors (Lipinski definition) is 2. The first-order valence-electron chi connectivity index (χ1n) is 11.3. The van der Waals surface area contributed by atoms with Crippen molar-refractivity contribution in [1.82, 2.24) is 10.2 Å². The summed E-state index contributed by atoms with van der Waals surface area (Å²) >= 11 is 1.86. The molecule has 5 heteroatoms. The molecular weight excluding hydrogens is 390 g/mol.